The molecular formula is C25H28O5. The average molecular weight is 408 g/mol. The van der Waals surface area contributed by atoms with Crippen molar-refractivity contribution in [3.05, 3.63) is 52.6 Å². The molecule has 0 radical (unpaired) electrons. The van der Waals surface area contributed by atoms with Crippen LogP contribution in [-0.4, -0.2) is 29.1 Å². The lowest BCUT2D eigenvalue weighted by Crippen LogP contribution is -2.60. The topological polar surface area (TPSA) is 80.7 Å². The Hall–Kier alpha value is -2.53. The standard InChI is InChI=1S/C25H28O5/c1-14(2)8-10-24-11-9-15(3)13-30-18-7-5-6-17-20(18)22(28)25(21(17)27,23(24)29)19(26)12-16(24)4/h5-9,16,21,27H,10-13H2,1-4H3/b15-9+/t16?,21-,24+,25-/m1/s1. The van der Waals surface area contributed by atoms with Crippen molar-refractivity contribution in [3.63, 3.8) is 0 Å². The fourth-order valence-electron chi connectivity index (χ4n) is 5.24. The highest BCUT2D eigenvalue weighted by Gasteiger charge is 2.70. The molecule has 1 heterocycles. The van der Waals surface area contributed by atoms with Gasteiger partial charge in [0.2, 0.25) is 0 Å². The second-order valence-electron chi connectivity index (χ2n) is 9.30. The quantitative estimate of drug-likeness (QED) is 0.587. The minimum absolute atomic E-state index is 0.0855. The normalized spacial score (nSPS) is 34.6. The largest absolute Gasteiger partial charge is 0.488 e. The van der Waals surface area contributed by atoms with E-state index in [1.54, 1.807) is 18.2 Å². The number of ether oxygens (including phenoxy) is 1. The van der Waals surface area contributed by atoms with E-state index in [0.29, 0.717) is 24.2 Å². The summed E-state index contributed by atoms with van der Waals surface area (Å²) in [7, 11) is 0. The molecule has 5 heteroatoms. The Labute approximate surface area is 176 Å². The predicted molar refractivity (Wildman–Crippen MR) is 112 cm³/mol. The zero-order valence-electron chi connectivity index (χ0n) is 18.0. The molecule has 1 N–H and O–H groups in total. The van der Waals surface area contributed by atoms with Crippen molar-refractivity contribution in [1.29, 1.82) is 0 Å². The van der Waals surface area contributed by atoms with Crippen molar-refractivity contribution in [1.82, 2.24) is 0 Å². The fourth-order valence-corrected chi connectivity index (χ4v) is 5.24. The van der Waals surface area contributed by atoms with E-state index in [4.69, 9.17) is 4.74 Å². The number of carbonyl (C=O) groups is 3. The summed E-state index contributed by atoms with van der Waals surface area (Å²) in [4.78, 5) is 41.3. The molecule has 1 aliphatic heterocycles. The van der Waals surface area contributed by atoms with Gasteiger partial charge in [-0.2, -0.15) is 0 Å². The third-order valence-corrected chi connectivity index (χ3v) is 7.18. The SMILES string of the molecule is CC(C)=CC[C@]12C/C=C(\C)COc3cccc4c3C(=O)[C@](C(=O)CC1C)(C2=O)[C@@H]4O. The second kappa shape index (κ2) is 7.02. The average Bonchev–Trinajstić information content (AvgIpc) is 2.92. The number of hydrogen-bond acceptors (Lipinski definition) is 5. The first-order valence-corrected chi connectivity index (χ1v) is 10.5. The zero-order valence-corrected chi connectivity index (χ0v) is 18.0. The lowest BCUT2D eigenvalue weighted by molar-refractivity contribution is -0.160. The van der Waals surface area contributed by atoms with E-state index < -0.39 is 34.3 Å². The van der Waals surface area contributed by atoms with Crippen molar-refractivity contribution in [2.24, 2.45) is 16.7 Å². The molecule has 30 heavy (non-hydrogen) atoms. The van der Waals surface area contributed by atoms with Crippen LogP contribution in [0.15, 0.2) is 41.5 Å². The van der Waals surface area contributed by atoms with Crippen LogP contribution in [0.25, 0.3) is 0 Å². The number of benzene rings is 1. The second-order valence-corrected chi connectivity index (χ2v) is 9.30. The monoisotopic (exact) mass is 408 g/mol. The lowest BCUT2D eigenvalue weighted by Gasteiger charge is -2.47. The molecule has 1 unspecified atom stereocenters. The van der Waals surface area contributed by atoms with E-state index >= 15 is 0 Å². The number of rotatable bonds is 2. The Morgan fingerprint density at radius 2 is 2.00 bits per heavy atom. The van der Waals surface area contributed by atoms with E-state index in [9.17, 15) is 19.5 Å². The Morgan fingerprint density at radius 1 is 1.27 bits per heavy atom. The third-order valence-electron chi connectivity index (χ3n) is 7.18. The van der Waals surface area contributed by atoms with Gasteiger partial charge in [0.15, 0.2) is 22.8 Å². The van der Waals surface area contributed by atoms with E-state index in [0.717, 1.165) is 11.1 Å². The summed E-state index contributed by atoms with van der Waals surface area (Å²) < 4.78 is 5.90. The lowest BCUT2D eigenvalue weighted by atomic mass is 9.52. The van der Waals surface area contributed by atoms with Gasteiger partial charge in [0.25, 0.3) is 0 Å². The maximum atomic E-state index is 14.2. The van der Waals surface area contributed by atoms with Gasteiger partial charge in [-0.15, -0.1) is 0 Å². The van der Waals surface area contributed by atoms with Crippen LogP contribution in [0.1, 0.15) is 69.0 Å². The Kier molecular flexibility index (Phi) is 4.85. The van der Waals surface area contributed by atoms with Crippen molar-refractivity contribution >= 4 is 17.3 Å². The first kappa shape index (κ1) is 20.7. The van der Waals surface area contributed by atoms with Gasteiger partial charge < -0.3 is 9.84 Å². The van der Waals surface area contributed by atoms with Crippen LogP contribution in [0.2, 0.25) is 0 Å². The molecule has 5 nitrogen and oxygen atoms in total. The summed E-state index contributed by atoms with van der Waals surface area (Å²) in [6.07, 6.45) is 3.43. The number of hydrogen-bond donors (Lipinski definition) is 1. The van der Waals surface area contributed by atoms with Crippen LogP contribution >= 0.6 is 0 Å². The van der Waals surface area contributed by atoms with Crippen molar-refractivity contribution in [2.45, 2.75) is 53.1 Å². The molecule has 0 saturated heterocycles. The smallest absolute Gasteiger partial charge is 0.191 e. The summed E-state index contributed by atoms with van der Waals surface area (Å²) in [6.45, 7) is 8.06. The molecule has 3 aliphatic rings. The van der Waals surface area contributed by atoms with E-state index in [-0.39, 0.29) is 24.5 Å². The number of aliphatic hydroxyl groups excluding tert-OH is 1. The van der Waals surface area contributed by atoms with Crippen LogP contribution in [0.3, 0.4) is 0 Å². The van der Waals surface area contributed by atoms with Crippen molar-refractivity contribution < 1.29 is 24.2 Å². The number of fused-ring (bicyclic) bond motifs is 1. The number of allylic oxidation sites excluding steroid dienone is 3. The Morgan fingerprint density at radius 3 is 2.70 bits per heavy atom. The number of aliphatic hydroxyl groups is 1. The van der Waals surface area contributed by atoms with Gasteiger partial charge in [-0.3, -0.25) is 14.4 Å². The molecule has 0 aromatic heterocycles. The fraction of sp³-hybridized carbons (Fsp3) is 0.480. The first-order valence-electron chi connectivity index (χ1n) is 10.5. The van der Waals surface area contributed by atoms with E-state index in [1.165, 1.54) is 0 Å². The molecule has 3 bridgehead atoms. The Balaban J connectivity index is 2.02. The highest BCUT2D eigenvalue weighted by molar-refractivity contribution is 6.34. The van der Waals surface area contributed by atoms with Crippen LogP contribution in [-0.2, 0) is 9.59 Å². The maximum Gasteiger partial charge on any atom is 0.191 e. The number of ketones is 3. The number of carbonyl (C=O) groups excluding carboxylic acids is 3. The molecule has 4 rings (SSSR count). The Bertz CT molecular complexity index is 1010. The minimum Gasteiger partial charge on any atom is -0.488 e. The van der Waals surface area contributed by atoms with E-state index in [1.807, 2.05) is 39.8 Å². The van der Waals surface area contributed by atoms with Crippen LogP contribution in [0.5, 0.6) is 5.75 Å². The molecule has 1 fully saturated rings. The van der Waals surface area contributed by atoms with Crippen molar-refractivity contribution in [2.75, 3.05) is 6.61 Å². The van der Waals surface area contributed by atoms with Crippen molar-refractivity contribution in [3.8, 4) is 5.75 Å². The molecule has 1 aromatic carbocycles. The molecule has 4 atom stereocenters. The van der Waals surface area contributed by atoms with Gasteiger partial charge in [-0.25, -0.2) is 0 Å². The zero-order chi connectivity index (χ0) is 21.8. The highest BCUT2D eigenvalue weighted by atomic mass is 16.5. The molecule has 1 aromatic rings. The third kappa shape index (κ3) is 2.61. The predicted octanol–water partition coefficient (Wildman–Crippen LogP) is 4.15. The maximum absolute atomic E-state index is 14.2. The van der Waals surface area contributed by atoms with Gasteiger partial charge in [0, 0.05) is 11.8 Å². The summed E-state index contributed by atoms with van der Waals surface area (Å²) in [6, 6.07) is 4.96. The summed E-state index contributed by atoms with van der Waals surface area (Å²) in [5.74, 6) is -1.46. The van der Waals surface area contributed by atoms with Gasteiger partial charge in [0.1, 0.15) is 18.5 Å². The van der Waals surface area contributed by atoms with E-state index in [2.05, 4.69) is 0 Å². The highest BCUT2D eigenvalue weighted by Crippen LogP contribution is 2.59. The van der Waals surface area contributed by atoms with Gasteiger partial charge in [0.05, 0.1) is 5.56 Å². The first-order chi connectivity index (χ1) is 14.2. The number of Topliss-reactive ketones (excluding diaryl/α,β-unsaturated/α-hetero) is 3. The molecule has 1 saturated carbocycles. The van der Waals surface area contributed by atoms with Crippen LogP contribution < -0.4 is 4.74 Å². The molecule has 158 valence electrons. The van der Waals surface area contributed by atoms with Gasteiger partial charge in [-0.05, 0) is 56.7 Å². The minimum atomic E-state index is -2.07. The van der Waals surface area contributed by atoms with Crippen LogP contribution in [0, 0.1) is 16.7 Å². The molecular weight excluding hydrogens is 380 g/mol. The molecule has 1 spiro atoms. The summed E-state index contributed by atoms with van der Waals surface area (Å²) in [5, 5.41) is 11.3. The van der Waals surface area contributed by atoms with Gasteiger partial charge >= 0.3 is 0 Å². The summed E-state index contributed by atoms with van der Waals surface area (Å²) >= 11 is 0. The van der Waals surface area contributed by atoms with Gasteiger partial charge in [-0.1, -0.05) is 36.8 Å². The molecule has 2 aliphatic carbocycles. The summed E-state index contributed by atoms with van der Waals surface area (Å²) in [5.41, 5.74) is -0.497. The van der Waals surface area contributed by atoms with Crippen LogP contribution in [0.4, 0.5) is 0 Å². The molecule has 0 amide bonds.